The Hall–Kier alpha value is -3.00. The van der Waals surface area contributed by atoms with E-state index >= 15 is 0 Å². The Morgan fingerprint density at radius 2 is 1.85 bits per heavy atom. The van der Waals surface area contributed by atoms with Crippen LogP contribution in [-0.4, -0.2) is 20.9 Å². The lowest BCUT2D eigenvalue weighted by Gasteiger charge is -2.10. The Balaban J connectivity index is 1.73. The molecule has 3 aromatic rings. The average Bonchev–Trinajstić information content (AvgIpc) is 2.62. The summed E-state index contributed by atoms with van der Waals surface area (Å²) in [5.41, 5.74) is 8.06. The number of hydrogen-bond donors (Lipinski definition) is 2. The van der Waals surface area contributed by atoms with Gasteiger partial charge in [-0.3, -0.25) is 0 Å². The number of hydrogen-bond acceptors (Lipinski definition) is 7. The highest BCUT2D eigenvalue weighted by atomic mass is 79.9. The van der Waals surface area contributed by atoms with Gasteiger partial charge < -0.3 is 15.8 Å². The molecular weight excluding hydrogens is 398 g/mol. The van der Waals surface area contributed by atoms with Crippen molar-refractivity contribution in [2.75, 3.05) is 11.1 Å². The quantitative estimate of drug-likeness (QED) is 0.615. The molecule has 8 heteroatoms. The maximum absolute atomic E-state index is 12.2. The van der Waals surface area contributed by atoms with Crippen LogP contribution in [0.5, 0.6) is 0 Å². The van der Waals surface area contributed by atoms with Crippen LogP contribution in [0.4, 0.5) is 17.6 Å². The van der Waals surface area contributed by atoms with E-state index in [2.05, 4.69) is 36.2 Å². The molecule has 0 unspecified atom stereocenters. The molecule has 0 saturated heterocycles. The van der Waals surface area contributed by atoms with Crippen LogP contribution < -0.4 is 11.1 Å². The molecular formula is C18H16BrN5O2. The minimum Gasteiger partial charge on any atom is -0.454 e. The first-order valence-corrected chi connectivity index (χ1v) is 8.57. The SMILES string of the molecule is Cc1ccccc1Nc1nc(N)nc(COC(=O)c2ccccc2Br)n1. The van der Waals surface area contributed by atoms with E-state index in [1.54, 1.807) is 18.2 Å². The van der Waals surface area contributed by atoms with Gasteiger partial charge in [0, 0.05) is 10.2 Å². The maximum Gasteiger partial charge on any atom is 0.339 e. The van der Waals surface area contributed by atoms with Crippen LogP contribution in [0.3, 0.4) is 0 Å². The van der Waals surface area contributed by atoms with E-state index in [0.717, 1.165) is 11.3 Å². The molecule has 0 saturated carbocycles. The van der Waals surface area contributed by atoms with E-state index in [1.165, 1.54) is 0 Å². The number of nitrogens with one attached hydrogen (secondary N) is 1. The van der Waals surface area contributed by atoms with Gasteiger partial charge in [-0.25, -0.2) is 4.79 Å². The van der Waals surface area contributed by atoms with Crippen molar-refractivity contribution < 1.29 is 9.53 Å². The van der Waals surface area contributed by atoms with Gasteiger partial charge in [0.05, 0.1) is 5.56 Å². The zero-order chi connectivity index (χ0) is 18.5. The summed E-state index contributed by atoms with van der Waals surface area (Å²) in [6.45, 7) is 1.85. The largest absolute Gasteiger partial charge is 0.454 e. The molecule has 0 aliphatic heterocycles. The first-order chi connectivity index (χ1) is 12.5. The highest BCUT2D eigenvalue weighted by Crippen LogP contribution is 2.19. The van der Waals surface area contributed by atoms with Crippen molar-refractivity contribution in [2.24, 2.45) is 0 Å². The van der Waals surface area contributed by atoms with Gasteiger partial charge in [0.2, 0.25) is 11.9 Å². The third kappa shape index (κ3) is 4.34. The number of aromatic nitrogens is 3. The molecule has 0 atom stereocenters. The summed E-state index contributed by atoms with van der Waals surface area (Å²) in [4.78, 5) is 24.5. The van der Waals surface area contributed by atoms with Gasteiger partial charge in [-0.2, -0.15) is 15.0 Å². The summed E-state index contributed by atoms with van der Waals surface area (Å²) < 4.78 is 5.93. The fourth-order valence-corrected chi connectivity index (χ4v) is 2.67. The van der Waals surface area contributed by atoms with Crippen LogP contribution in [0.2, 0.25) is 0 Å². The molecule has 26 heavy (non-hydrogen) atoms. The van der Waals surface area contributed by atoms with Gasteiger partial charge in [-0.15, -0.1) is 0 Å². The van der Waals surface area contributed by atoms with E-state index in [0.29, 0.717) is 16.0 Å². The number of benzene rings is 2. The van der Waals surface area contributed by atoms with Crippen molar-refractivity contribution in [2.45, 2.75) is 13.5 Å². The third-order valence-corrected chi connectivity index (χ3v) is 4.21. The molecule has 0 bridgehead atoms. The number of rotatable bonds is 5. The highest BCUT2D eigenvalue weighted by molar-refractivity contribution is 9.10. The van der Waals surface area contributed by atoms with Gasteiger partial charge in [0.15, 0.2) is 12.4 Å². The minimum absolute atomic E-state index is 0.0445. The standard InChI is InChI=1S/C18H16BrN5O2/c1-11-6-2-5-9-14(11)21-18-23-15(22-17(20)24-18)10-26-16(25)12-7-3-4-8-13(12)19/h2-9H,10H2,1H3,(H3,20,21,22,23,24). The molecule has 7 nitrogen and oxygen atoms in total. The predicted molar refractivity (Wildman–Crippen MR) is 102 cm³/mol. The van der Waals surface area contributed by atoms with E-state index < -0.39 is 5.97 Å². The molecule has 1 heterocycles. The van der Waals surface area contributed by atoms with Crippen molar-refractivity contribution in [1.82, 2.24) is 15.0 Å². The fourth-order valence-electron chi connectivity index (χ4n) is 2.23. The van der Waals surface area contributed by atoms with Crippen LogP contribution in [0, 0.1) is 6.92 Å². The smallest absolute Gasteiger partial charge is 0.339 e. The zero-order valence-electron chi connectivity index (χ0n) is 13.9. The molecule has 0 aliphatic carbocycles. The van der Waals surface area contributed by atoms with Crippen LogP contribution in [0.25, 0.3) is 0 Å². The summed E-state index contributed by atoms with van der Waals surface area (Å²) in [5, 5.41) is 3.09. The number of nitrogens with two attached hydrogens (primary N) is 1. The average molecular weight is 414 g/mol. The molecule has 0 spiro atoms. The lowest BCUT2D eigenvalue weighted by molar-refractivity contribution is 0.0461. The van der Waals surface area contributed by atoms with Crippen LogP contribution in [0.15, 0.2) is 53.0 Å². The second kappa shape index (κ2) is 7.92. The van der Waals surface area contributed by atoms with Gasteiger partial charge in [-0.1, -0.05) is 30.3 Å². The van der Waals surface area contributed by atoms with Gasteiger partial charge in [0.1, 0.15) is 0 Å². The van der Waals surface area contributed by atoms with Crippen molar-refractivity contribution in [3.05, 3.63) is 70.0 Å². The van der Waals surface area contributed by atoms with Crippen molar-refractivity contribution in [1.29, 1.82) is 0 Å². The fraction of sp³-hybridized carbons (Fsp3) is 0.111. The normalized spacial score (nSPS) is 10.4. The molecule has 3 N–H and O–H groups in total. The number of anilines is 3. The number of esters is 1. The number of para-hydroxylation sites is 1. The van der Waals surface area contributed by atoms with Crippen LogP contribution in [0.1, 0.15) is 21.7 Å². The molecule has 1 aromatic heterocycles. The number of carbonyl (C=O) groups excluding carboxylic acids is 1. The summed E-state index contributed by atoms with van der Waals surface area (Å²) in [5.74, 6) is 0.112. The minimum atomic E-state index is -0.482. The molecule has 0 radical (unpaired) electrons. The number of carbonyl (C=O) groups is 1. The van der Waals surface area contributed by atoms with E-state index in [1.807, 2.05) is 37.3 Å². The van der Waals surface area contributed by atoms with Gasteiger partial charge in [0.25, 0.3) is 0 Å². The highest BCUT2D eigenvalue weighted by Gasteiger charge is 2.13. The van der Waals surface area contributed by atoms with Crippen molar-refractivity contribution >= 4 is 39.5 Å². The molecule has 2 aromatic carbocycles. The Morgan fingerprint density at radius 1 is 1.12 bits per heavy atom. The van der Waals surface area contributed by atoms with Gasteiger partial charge in [-0.05, 0) is 46.6 Å². The number of nitrogens with zero attached hydrogens (tertiary/aromatic N) is 3. The van der Waals surface area contributed by atoms with Crippen LogP contribution >= 0.6 is 15.9 Å². The first kappa shape index (κ1) is 17.8. The first-order valence-electron chi connectivity index (χ1n) is 7.77. The Labute approximate surface area is 158 Å². The summed E-state index contributed by atoms with van der Waals surface area (Å²) in [6.07, 6.45) is 0. The topological polar surface area (TPSA) is 103 Å². The molecule has 0 aliphatic rings. The Bertz CT molecular complexity index is 948. The molecule has 132 valence electrons. The second-order valence-electron chi connectivity index (χ2n) is 5.43. The third-order valence-electron chi connectivity index (χ3n) is 3.52. The molecule has 0 fully saturated rings. The van der Waals surface area contributed by atoms with Crippen molar-refractivity contribution in [3.8, 4) is 0 Å². The molecule has 0 amide bonds. The Kier molecular flexibility index (Phi) is 5.43. The Morgan fingerprint density at radius 3 is 2.62 bits per heavy atom. The van der Waals surface area contributed by atoms with Crippen LogP contribution in [-0.2, 0) is 11.3 Å². The zero-order valence-corrected chi connectivity index (χ0v) is 15.5. The van der Waals surface area contributed by atoms with E-state index in [-0.39, 0.29) is 18.4 Å². The molecule has 3 rings (SSSR count). The maximum atomic E-state index is 12.2. The lowest BCUT2D eigenvalue weighted by atomic mass is 10.2. The summed E-state index contributed by atoms with van der Waals surface area (Å²) in [6, 6.07) is 14.7. The van der Waals surface area contributed by atoms with E-state index in [9.17, 15) is 4.79 Å². The predicted octanol–water partition coefficient (Wildman–Crippen LogP) is 3.63. The lowest BCUT2D eigenvalue weighted by Crippen LogP contribution is -2.11. The number of nitrogen functional groups attached to an aromatic ring is 1. The monoisotopic (exact) mass is 413 g/mol. The summed E-state index contributed by atoms with van der Waals surface area (Å²) in [7, 11) is 0. The number of halogens is 1. The summed E-state index contributed by atoms with van der Waals surface area (Å²) >= 11 is 3.32. The number of ether oxygens (including phenoxy) is 1. The number of aryl methyl sites for hydroxylation is 1. The van der Waals surface area contributed by atoms with Gasteiger partial charge >= 0.3 is 5.97 Å². The van der Waals surface area contributed by atoms with Crippen molar-refractivity contribution in [3.63, 3.8) is 0 Å². The van der Waals surface area contributed by atoms with E-state index in [4.69, 9.17) is 10.5 Å². The second-order valence-corrected chi connectivity index (χ2v) is 6.28.